The lowest BCUT2D eigenvalue weighted by Gasteiger charge is -2.09. The van der Waals surface area contributed by atoms with Crippen LogP contribution in [0.1, 0.15) is 12.5 Å². The first-order valence-electron chi connectivity index (χ1n) is 7.64. The third kappa shape index (κ3) is 5.73. The van der Waals surface area contributed by atoms with E-state index in [1.807, 2.05) is 0 Å². The fraction of sp³-hybridized carbons (Fsp3) is 0.222. The maximum atomic E-state index is 12.1. The van der Waals surface area contributed by atoms with Crippen molar-refractivity contribution in [1.29, 1.82) is 0 Å². The van der Waals surface area contributed by atoms with Crippen LogP contribution in [0.15, 0.2) is 53.6 Å². The average molecular weight is 364 g/mol. The Hall–Kier alpha value is -3.16. The van der Waals surface area contributed by atoms with Crippen LogP contribution in [0.3, 0.4) is 0 Å². The number of para-hydroxylation sites is 2. The number of carbonyl (C=O) groups is 1. The summed E-state index contributed by atoms with van der Waals surface area (Å²) in [4.78, 5) is 11.8. The molecule has 0 bridgehead atoms. The normalized spacial score (nSPS) is 11.2. The van der Waals surface area contributed by atoms with E-state index in [2.05, 4.69) is 15.3 Å². The average Bonchev–Trinajstić information content (AvgIpc) is 2.64. The Labute approximate surface area is 149 Å². The molecule has 26 heavy (non-hydrogen) atoms. The summed E-state index contributed by atoms with van der Waals surface area (Å²) >= 11 is 0. The zero-order chi connectivity index (χ0) is 18.9. The molecule has 1 amide bonds. The van der Waals surface area contributed by atoms with Gasteiger partial charge in [-0.15, -0.1) is 0 Å². The summed E-state index contributed by atoms with van der Waals surface area (Å²) in [5.41, 5.74) is 3.52. The molecule has 0 fully saturated rings. The fourth-order valence-electron chi connectivity index (χ4n) is 2.00. The maximum Gasteiger partial charge on any atom is 0.387 e. The van der Waals surface area contributed by atoms with Gasteiger partial charge in [0.15, 0.2) is 18.1 Å². The molecule has 8 heteroatoms. The molecule has 0 spiro atoms. The van der Waals surface area contributed by atoms with Crippen LogP contribution in [-0.4, -0.2) is 31.9 Å². The van der Waals surface area contributed by atoms with Gasteiger partial charge in [0.25, 0.3) is 5.91 Å². The highest BCUT2D eigenvalue weighted by atomic mass is 19.3. The van der Waals surface area contributed by atoms with Gasteiger partial charge < -0.3 is 14.2 Å². The molecule has 0 heterocycles. The first kappa shape index (κ1) is 19.2. The zero-order valence-electron chi connectivity index (χ0n) is 14.2. The highest BCUT2D eigenvalue weighted by Gasteiger charge is 2.07. The quantitative estimate of drug-likeness (QED) is 0.577. The van der Waals surface area contributed by atoms with Crippen LogP contribution in [-0.2, 0) is 4.79 Å². The summed E-state index contributed by atoms with van der Waals surface area (Å²) in [5.74, 6) is 0.560. The van der Waals surface area contributed by atoms with Crippen molar-refractivity contribution >= 4 is 11.6 Å². The van der Waals surface area contributed by atoms with Crippen molar-refractivity contribution in [3.8, 4) is 17.2 Å². The molecule has 2 aromatic rings. The molecule has 2 rings (SSSR count). The number of carbonyl (C=O) groups excluding carboxylic acids is 1. The minimum Gasteiger partial charge on any atom is -0.493 e. The number of alkyl halides is 2. The summed E-state index contributed by atoms with van der Waals surface area (Å²) in [5, 5.41) is 3.96. The summed E-state index contributed by atoms with van der Waals surface area (Å²) in [6, 6.07) is 12.9. The van der Waals surface area contributed by atoms with E-state index in [-0.39, 0.29) is 12.4 Å². The van der Waals surface area contributed by atoms with E-state index < -0.39 is 12.5 Å². The molecule has 0 aliphatic heterocycles. The molecule has 0 radical (unpaired) electrons. The van der Waals surface area contributed by atoms with Crippen LogP contribution in [0, 0.1) is 0 Å². The van der Waals surface area contributed by atoms with Gasteiger partial charge in [0.2, 0.25) is 0 Å². The molecule has 0 aliphatic rings. The molecule has 0 saturated heterocycles. The van der Waals surface area contributed by atoms with Crippen molar-refractivity contribution in [2.75, 3.05) is 13.7 Å². The summed E-state index contributed by atoms with van der Waals surface area (Å²) in [7, 11) is 1.51. The predicted octanol–water partition coefficient (Wildman–Crippen LogP) is 3.22. The molecular formula is C18H18F2N2O4. The molecule has 138 valence electrons. The Morgan fingerprint density at radius 1 is 1.12 bits per heavy atom. The van der Waals surface area contributed by atoms with Gasteiger partial charge in [0.1, 0.15) is 5.75 Å². The minimum atomic E-state index is -2.88. The molecule has 0 atom stereocenters. The van der Waals surface area contributed by atoms with Crippen LogP contribution in [0.5, 0.6) is 17.2 Å². The van der Waals surface area contributed by atoms with E-state index in [0.717, 1.165) is 0 Å². The first-order valence-corrected chi connectivity index (χ1v) is 7.64. The van der Waals surface area contributed by atoms with Gasteiger partial charge in [-0.1, -0.05) is 12.1 Å². The van der Waals surface area contributed by atoms with E-state index in [4.69, 9.17) is 9.47 Å². The lowest BCUT2D eigenvalue weighted by atomic mass is 10.1. The Balaban J connectivity index is 1.88. The Kier molecular flexibility index (Phi) is 6.90. The van der Waals surface area contributed by atoms with Gasteiger partial charge in [-0.2, -0.15) is 13.9 Å². The maximum absolute atomic E-state index is 12.1. The third-order valence-electron chi connectivity index (χ3n) is 3.27. The first-order chi connectivity index (χ1) is 12.5. The summed E-state index contributed by atoms with van der Waals surface area (Å²) in [6.45, 7) is -1.44. The number of hydrazone groups is 1. The smallest absolute Gasteiger partial charge is 0.387 e. The number of nitrogens with one attached hydrogen (secondary N) is 1. The number of hydrogen-bond acceptors (Lipinski definition) is 5. The third-order valence-corrected chi connectivity index (χ3v) is 3.27. The van der Waals surface area contributed by atoms with Gasteiger partial charge in [0, 0.05) is 0 Å². The van der Waals surface area contributed by atoms with Crippen LogP contribution in [0.4, 0.5) is 8.78 Å². The monoisotopic (exact) mass is 364 g/mol. The largest absolute Gasteiger partial charge is 0.493 e. The lowest BCUT2D eigenvalue weighted by molar-refractivity contribution is -0.123. The highest BCUT2D eigenvalue weighted by Crippen LogP contribution is 2.25. The number of methoxy groups -OCH3 is 1. The van der Waals surface area contributed by atoms with Crippen molar-refractivity contribution in [3.05, 3.63) is 54.1 Å². The number of ether oxygens (including phenoxy) is 3. The van der Waals surface area contributed by atoms with Crippen LogP contribution in [0.2, 0.25) is 0 Å². The summed E-state index contributed by atoms with van der Waals surface area (Å²) < 4.78 is 39.0. The molecule has 0 saturated carbocycles. The summed E-state index contributed by atoms with van der Waals surface area (Å²) in [6.07, 6.45) is 0. The molecule has 0 aromatic heterocycles. The second-order valence-corrected chi connectivity index (χ2v) is 5.07. The van der Waals surface area contributed by atoms with Crippen molar-refractivity contribution in [3.63, 3.8) is 0 Å². The van der Waals surface area contributed by atoms with Gasteiger partial charge >= 0.3 is 6.61 Å². The van der Waals surface area contributed by atoms with Crippen molar-refractivity contribution < 1.29 is 27.8 Å². The number of amides is 1. The van der Waals surface area contributed by atoms with Crippen molar-refractivity contribution in [2.45, 2.75) is 13.5 Å². The van der Waals surface area contributed by atoms with Gasteiger partial charge in [-0.25, -0.2) is 5.43 Å². The molecule has 2 aromatic carbocycles. The number of halogens is 2. The van der Waals surface area contributed by atoms with Gasteiger partial charge in [-0.3, -0.25) is 4.79 Å². The number of benzene rings is 2. The topological polar surface area (TPSA) is 69.2 Å². The lowest BCUT2D eigenvalue weighted by Crippen LogP contribution is -2.25. The van der Waals surface area contributed by atoms with Crippen molar-refractivity contribution in [1.82, 2.24) is 5.43 Å². The Morgan fingerprint density at radius 3 is 2.38 bits per heavy atom. The number of nitrogens with zero attached hydrogens (tertiary/aromatic N) is 1. The zero-order valence-corrected chi connectivity index (χ0v) is 14.2. The minimum absolute atomic E-state index is 0.0470. The number of hydrogen-bond donors (Lipinski definition) is 1. The van der Waals surface area contributed by atoms with E-state index in [9.17, 15) is 13.6 Å². The number of rotatable bonds is 8. The predicted molar refractivity (Wildman–Crippen MR) is 91.9 cm³/mol. The SMILES string of the molecule is COc1ccccc1OCC(=O)N/N=C(/C)c1ccc(OC(F)F)cc1. The van der Waals surface area contributed by atoms with E-state index >= 15 is 0 Å². The standard InChI is InChI=1S/C18H18F2N2O4/c1-12(13-7-9-14(10-8-13)26-18(19)20)21-22-17(23)11-25-16-6-4-3-5-15(16)24-2/h3-10,18H,11H2,1-2H3,(H,22,23)/b21-12-. The molecular weight excluding hydrogens is 346 g/mol. The second-order valence-electron chi connectivity index (χ2n) is 5.07. The van der Waals surface area contributed by atoms with E-state index in [0.29, 0.717) is 22.8 Å². The van der Waals surface area contributed by atoms with Crippen LogP contribution in [0.25, 0.3) is 0 Å². The Morgan fingerprint density at radius 2 is 1.77 bits per heavy atom. The van der Waals surface area contributed by atoms with Gasteiger partial charge in [-0.05, 0) is 48.9 Å². The second kappa shape index (κ2) is 9.36. The fourth-order valence-corrected chi connectivity index (χ4v) is 2.00. The van der Waals surface area contributed by atoms with Crippen LogP contribution < -0.4 is 19.6 Å². The van der Waals surface area contributed by atoms with E-state index in [1.54, 1.807) is 43.3 Å². The van der Waals surface area contributed by atoms with Crippen molar-refractivity contribution in [2.24, 2.45) is 5.10 Å². The van der Waals surface area contributed by atoms with Gasteiger partial charge in [0.05, 0.1) is 12.8 Å². The highest BCUT2D eigenvalue weighted by molar-refractivity contribution is 5.99. The molecule has 0 aliphatic carbocycles. The molecule has 0 unspecified atom stereocenters. The molecule has 6 nitrogen and oxygen atoms in total. The van der Waals surface area contributed by atoms with E-state index in [1.165, 1.54) is 19.2 Å². The molecule has 1 N–H and O–H groups in total. The van der Waals surface area contributed by atoms with Crippen LogP contribution >= 0.6 is 0 Å². The Bertz CT molecular complexity index is 764.